The monoisotopic (exact) mass is 281 g/mol. The number of esters is 1. The van der Waals surface area contributed by atoms with Gasteiger partial charge in [0.05, 0.1) is 16.1 Å². The van der Waals surface area contributed by atoms with E-state index in [1.807, 2.05) is 13.0 Å². The molecule has 1 aliphatic rings. The molecule has 0 spiro atoms. The summed E-state index contributed by atoms with van der Waals surface area (Å²) in [5, 5.41) is 11.5. The van der Waals surface area contributed by atoms with Gasteiger partial charge in [0.1, 0.15) is 0 Å². The number of rotatable bonds is 2. The third kappa shape index (κ3) is 2.18. The van der Waals surface area contributed by atoms with Crippen LogP contribution in [0.4, 0.5) is 0 Å². The van der Waals surface area contributed by atoms with Crippen molar-refractivity contribution in [2.45, 2.75) is 6.92 Å². The van der Waals surface area contributed by atoms with Crippen molar-refractivity contribution in [3.63, 3.8) is 0 Å². The lowest BCUT2D eigenvalue weighted by Gasteiger charge is -2.04. The lowest BCUT2D eigenvalue weighted by Crippen LogP contribution is -2.03. The summed E-state index contributed by atoms with van der Waals surface area (Å²) in [4.78, 5) is 22.8. The van der Waals surface area contributed by atoms with Crippen molar-refractivity contribution in [2.75, 3.05) is 0 Å². The molecular weight excluding hydrogens is 270 g/mol. The van der Waals surface area contributed by atoms with Crippen LogP contribution in [-0.2, 0) is 4.74 Å². The number of fused-ring (bicyclic) bond motifs is 1. The van der Waals surface area contributed by atoms with Crippen LogP contribution in [0.2, 0.25) is 0 Å². The Balaban J connectivity index is 2.27. The van der Waals surface area contributed by atoms with Crippen LogP contribution in [0.1, 0.15) is 27.0 Å². The Hall–Kier alpha value is -2.95. The molecule has 0 aliphatic carbocycles. The molecule has 1 aliphatic heterocycles. The highest BCUT2D eigenvalue weighted by Gasteiger charge is 2.34. The van der Waals surface area contributed by atoms with Gasteiger partial charge in [0.25, 0.3) is 0 Å². The van der Waals surface area contributed by atoms with Crippen LogP contribution >= 0.6 is 0 Å². The molecule has 2 aromatic carbocycles. The first-order valence-electron chi connectivity index (χ1n) is 6.35. The number of ether oxygens (including phenoxy) is 1. The number of hydrogen-bond acceptors (Lipinski definition) is 4. The second-order valence-electron chi connectivity index (χ2n) is 4.74. The molecule has 5 heteroatoms. The molecular formula is C16H11NO4. The van der Waals surface area contributed by atoms with Crippen molar-refractivity contribution in [1.82, 2.24) is 0 Å². The summed E-state index contributed by atoms with van der Waals surface area (Å²) in [6.45, 7) is 1.85. The predicted octanol–water partition coefficient (Wildman–Crippen LogP) is 3.27. The van der Waals surface area contributed by atoms with Gasteiger partial charge in [-0.3, -0.25) is 10.1 Å². The summed E-state index contributed by atoms with van der Waals surface area (Å²) in [5.74, 6) is -0.557. The quantitative estimate of drug-likeness (QED) is 0.481. The van der Waals surface area contributed by atoms with E-state index < -0.39 is 10.9 Å². The van der Waals surface area contributed by atoms with E-state index in [2.05, 4.69) is 0 Å². The fourth-order valence-electron chi connectivity index (χ4n) is 2.35. The standard InChI is InChI=1S/C16H11NO4/c1-10-5-4-6-11(9-10)14(17(19)20)15-12-7-2-3-8-13(12)16(18)21-15/h2-9H,1H3/b15-14+. The van der Waals surface area contributed by atoms with E-state index in [9.17, 15) is 14.9 Å². The Morgan fingerprint density at radius 3 is 2.48 bits per heavy atom. The van der Waals surface area contributed by atoms with Crippen molar-refractivity contribution >= 4 is 17.4 Å². The smallest absolute Gasteiger partial charge is 0.344 e. The Morgan fingerprint density at radius 2 is 1.81 bits per heavy atom. The van der Waals surface area contributed by atoms with E-state index in [0.29, 0.717) is 16.7 Å². The lowest BCUT2D eigenvalue weighted by molar-refractivity contribution is -0.375. The van der Waals surface area contributed by atoms with Crippen molar-refractivity contribution in [3.05, 3.63) is 80.9 Å². The Bertz CT molecular complexity index is 792. The van der Waals surface area contributed by atoms with Crippen molar-refractivity contribution < 1.29 is 14.5 Å². The average molecular weight is 281 g/mol. The zero-order valence-electron chi connectivity index (χ0n) is 11.2. The fraction of sp³-hybridized carbons (Fsp3) is 0.0625. The highest BCUT2D eigenvalue weighted by atomic mass is 16.6. The summed E-state index contributed by atoms with van der Waals surface area (Å²) in [6.07, 6.45) is 0. The number of carbonyl (C=O) groups excluding carboxylic acids is 1. The van der Waals surface area contributed by atoms with E-state index in [1.54, 1.807) is 42.5 Å². The lowest BCUT2D eigenvalue weighted by atomic mass is 10.0. The number of benzene rings is 2. The Kier molecular flexibility index (Phi) is 3.02. The summed E-state index contributed by atoms with van der Waals surface area (Å²) in [6, 6.07) is 13.6. The molecule has 3 rings (SSSR count). The molecule has 0 N–H and O–H groups in total. The largest absolute Gasteiger partial charge is 0.415 e. The SMILES string of the molecule is Cc1cccc(/C(=C2\OC(=O)c3ccccc32)[N+](=O)[O-])c1. The van der Waals surface area contributed by atoms with Crippen molar-refractivity contribution in [1.29, 1.82) is 0 Å². The van der Waals surface area contributed by atoms with Crippen LogP contribution in [-0.4, -0.2) is 10.9 Å². The zero-order chi connectivity index (χ0) is 15.0. The molecule has 0 aromatic heterocycles. The highest BCUT2D eigenvalue weighted by molar-refractivity contribution is 6.06. The van der Waals surface area contributed by atoms with Gasteiger partial charge in [0.2, 0.25) is 5.76 Å². The maximum atomic E-state index is 11.8. The summed E-state index contributed by atoms with van der Waals surface area (Å²) >= 11 is 0. The zero-order valence-corrected chi connectivity index (χ0v) is 11.2. The van der Waals surface area contributed by atoms with E-state index in [1.165, 1.54) is 0 Å². The predicted molar refractivity (Wildman–Crippen MR) is 76.8 cm³/mol. The van der Waals surface area contributed by atoms with Gasteiger partial charge in [-0.25, -0.2) is 4.79 Å². The van der Waals surface area contributed by atoms with Gasteiger partial charge in [-0.15, -0.1) is 0 Å². The van der Waals surface area contributed by atoms with Crippen molar-refractivity contribution in [3.8, 4) is 0 Å². The van der Waals surface area contributed by atoms with Crippen LogP contribution in [0.3, 0.4) is 0 Å². The molecule has 2 aromatic rings. The minimum Gasteiger partial charge on any atom is -0.415 e. The van der Waals surface area contributed by atoms with Crippen LogP contribution in [0.5, 0.6) is 0 Å². The van der Waals surface area contributed by atoms with Gasteiger partial charge in [-0.2, -0.15) is 0 Å². The molecule has 0 radical (unpaired) electrons. The maximum Gasteiger partial charge on any atom is 0.344 e. The molecule has 0 bridgehead atoms. The summed E-state index contributed by atoms with van der Waals surface area (Å²) in [5.41, 5.74) is 1.91. The fourth-order valence-corrected chi connectivity index (χ4v) is 2.35. The summed E-state index contributed by atoms with van der Waals surface area (Å²) in [7, 11) is 0. The first kappa shape index (κ1) is 13.1. The van der Waals surface area contributed by atoms with Crippen LogP contribution in [0.15, 0.2) is 48.5 Å². The number of nitro groups is 1. The third-order valence-electron chi connectivity index (χ3n) is 3.28. The molecule has 21 heavy (non-hydrogen) atoms. The molecule has 0 atom stereocenters. The topological polar surface area (TPSA) is 69.4 Å². The van der Waals surface area contributed by atoms with Gasteiger partial charge in [-0.1, -0.05) is 35.9 Å². The number of hydrogen-bond donors (Lipinski definition) is 0. The Morgan fingerprint density at radius 1 is 1.10 bits per heavy atom. The number of carbonyl (C=O) groups is 1. The normalized spacial score (nSPS) is 15.4. The average Bonchev–Trinajstić information content (AvgIpc) is 2.77. The van der Waals surface area contributed by atoms with Gasteiger partial charge in [-0.05, 0) is 25.1 Å². The molecule has 1 heterocycles. The molecule has 0 fully saturated rings. The van der Waals surface area contributed by atoms with Gasteiger partial charge in [0, 0.05) is 5.56 Å². The number of nitrogens with zero attached hydrogens (tertiary/aromatic N) is 1. The Labute approximate surface area is 120 Å². The minimum absolute atomic E-state index is 0.00574. The number of aryl methyl sites for hydroxylation is 1. The molecule has 0 saturated carbocycles. The van der Waals surface area contributed by atoms with E-state index >= 15 is 0 Å². The van der Waals surface area contributed by atoms with Crippen LogP contribution in [0.25, 0.3) is 11.5 Å². The molecule has 0 amide bonds. The third-order valence-corrected chi connectivity index (χ3v) is 3.28. The van der Waals surface area contributed by atoms with Gasteiger partial charge < -0.3 is 4.74 Å². The first-order chi connectivity index (χ1) is 10.1. The molecule has 104 valence electrons. The second-order valence-corrected chi connectivity index (χ2v) is 4.74. The van der Waals surface area contributed by atoms with E-state index in [4.69, 9.17) is 4.74 Å². The van der Waals surface area contributed by atoms with Gasteiger partial charge >= 0.3 is 11.7 Å². The van der Waals surface area contributed by atoms with Gasteiger partial charge in [0.15, 0.2) is 0 Å². The number of cyclic esters (lactones) is 1. The highest BCUT2D eigenvalue weighted by Crippen LogP contribution is 2.35. The minimum atomic E-state index is -0.562. The first-order valence-corrected chi connectivity index (χ1v) is 6.35. The second kappa shape index (κ2) is 4.86. The van der Waals surface area contributed by atoms with Crippen LogP contribution in [0, 0.1) is 17.0 Å². The van der Waals surface area contributed by atoms with Crippen LogP contribution < -0.4 is 0 Å². The van der Waals surface area contributed by atoms with E-state index in [-0.39, 0.29) is 11.5 Å². The van der Waals surface area contributed by atoms with E-state index in [0.717, 1.165) is 5.56 Å². The summed E-state index contributed by atoms with van der Waals surface area (Å²) < 4.78 is 5.15. The van der Waals surface area contributed by atoms with Crippen molar-refractivity contribution in [2.24, 2.45) is 0 Å². The maximum absolute atomic E-state index is 11.8. The molecule has 0 unspecified atom stereocenters. The molecule has 0 saturated heterocycles. The molecule has 5 nitrogen and oxygen atoms in total.